The van der Waals surface area contributed by atoms with Crippen LogP contribution in [0.15, 0.2) is 41.8 Å². The molecule has 1 saturated carbocycles. The van der Waals surface area contributed by atoms with Crippen molar-refractivity contribution in [3.63, 3.8) is 0 Å². The van der Waals surface area contributed by atoms with E-state index in [1.165, 1.54) is 11.1 Å². The van der Waals surface area contributed by atoms with E-state index < -0.39 is 6.10 Å². The highest BCUT2D eigenvalue weighted by molar-refractivity contribution is 5.69. The molecule has 0 spiro atoms. The van der Waals surface area contributed by atoms with E-state index in [1.54, 1.807) is 0 Å². The number of hydrogen-bond acceptors (Lipinski definition) is 3. The zero-order valence-corrected chi connectivity index (χ0v) is 11.2. The molecule has 1 aliphatic heterocycles. The summed E-state index contributed by atoms with van der Waals surface area (Å²) < 4.78 is 2.10. The number of aliphatic hydroxyl groups excluding tert-OH is 1. The Bertz CT molecular complexity index is 672. The molecule has 4 heteroatoms. The van der Waals surface area contributed by atoms with Gasteiger partial charge in [0.25, 0.3) is 0 Å². The lowest BCUT2D eigenvalue weighted by Crippen LogP contribution is -2.33. The second-order valence-corrected chi connectivity index (χ2v) is 5.91. The van der Waals surface area contributed by atoms with Gasteiger partial charge in [-0.2, -0.15) is 0 Å². The van der Waals surface area contributed by atoms with Gasteiger partial charge in [0.1, 0.15) is 0 Å². The van der Waals surface area contributed by atoms with E-state index in [4.69, 9.17) is 0 Å². The predicted octanol–water partition coefficient (Wildman–Crippen LogP) is 2.29. The van der Waals surface area contributed by atoms with Crippen molar-refractivity contribution in [2.75, 3.05) is 6.54 Å². The molecule has 0 unspecified atom stereocenters. The lowest BCUT2D eigenvalue weighted by molar-refractivity contribution is 0.0628. The van der Waals surface area contributed by atoms with Crippen molar-refractivity contribution in [1.82, 2.24) is 9.55 Å². The fraction of sp³-hybridized carbons (Fsp3) is 0.375. The normalized spacial score (nSPS) is 22.9. The van der Waals surface area contributed by atoms with Gasteiger partial charge in [0.05, 0.1) is 30.4 Å². The number of benzene rings is 1. The van der Waals surface area contributed by atoms with Crippen LogP contribution in [0, 0.1) is 5.41 Å². The predicted molar refractivity (Wildman–Crippen MR) is 77.9 cm³/mol. The Kier molecular flexibility index (Phi) is 2.39. The third kappa shape index (κ3) is 1.45. The summed E-state index contributed by atoms with van der Waals surface area (Å²) in [5.74, 6) is 0. The molecule has 0 radical (unpaired) electrons. The van der Waals surface area contributed by atoms with Gasteiger partial charge in [-0.3, -0.25) is 0 Å². The van der Waals surface area contributed by atoms with E-state index in [-0.39, 0.29) is 11.5 Å². The lowest BCUT2D eigenvalue weighted by atomic mass is 9.88. The van der Waals surface area contributed by atoms with Crippen molar-refractivity contribution in [1.29, 1.82) is 0 Å². The van der Waals surface area contributed by atoms with Crippen molar-refractivity contribution in [2.24, 2.45) is 10.4 Å². The van der Waals surface area contributed by atoms with E-state index in [1.807, 2.05) is 24.7 Å². The summed E-state index contributed by atoms with van der Waals surface area (Å²) in [4.78, 5) is 8.27. The number of nitrogens with zero attached hydrogens (tertiary/aromatic N) is 3. The third-order valence-electron chi connectivity index (χ3n) is 4.77. The molecule has 0 amide bonds. The molecule has 4 rings (SSSR count). The van der Waals surface area contributed by atoms with Gasteiger partial charge in [-0.15, -0.1) is 0 Å². The Balaban J connectivity index is 1.81. The number of hydrogen-bond donors (Lipinski definition) is 1. The van der Waals surface area contributed by atoms with Crippen LogP contribution in [-0.2, 0) is 0 Å². The van der Waals surface area contributed by atoms with Crippen LogP contribution in [0.1, 0.15) is 24.4 Å². The van der Waals surface area contributed by atoms with E-state index in [0.717, 1.165) is 18.5 Å². The Morgan fingerprint density at radius 1 is 1.45 bits per heavy atom. The van der Waals surface area contributed by atoms with Gasteiger partial charge >= 0.3 is 0 Å². The van der Waals surface area contributed by atoms with Gasteiger partial charge in [0, 0.05) is 17.5 Å². The van der Waals surface area contributed by atoms with Crippen LogP contribution in [0.3, 0.4) is 0 Å². The minimum atomic E-state index is -0.440. The van der Waals surface area contributed by atoms with Crippen molar-refractivity contribution in [3.05, 3.63) is 42.4 Å². The van der Waals surface area contributed by atoms with Crippen LogP contribution < -0.4 is 0 Å². The summed E-state index contributed by atoms with van der Waals surface area (Å²) >= 11 is 0. The molecular formula is C16H17N3O. The Labute approximate surface area is 117 Å². The molecule has 2 aromatic rings. The number of aliphatic hydroxyl groups is 1. The Hall–Kier alpha value is -1.94. The van der Waals surface area contributed by atoms with E-state index >= 15 is 0 Å². The molecule has 1 fully saturated rings. The highest BCUT2D eigenvalue weighted by Crippen LogP contribution is 2.55. The number of fused-ring (bicyclic) bond motifs is 3. The van der Waals surface area contributed by atoms with Crippen LogP contribution in [-0.4, -0.2) is 34.0 Å². The monoisotopic (exact) mass is 267 g/mol. The van der Waals surface area contributed by atoms with Crippen LogP contribution in [0.5, 0.6) is 0 Å². The Morgan fingerprint density at radius 3 is 3.00 bits per heavy atom. The van der Waals surface area contributed by atoms with Crippen LogP contribution in [0.4, 0.5) is 0 Å². The number of rotatable bonds is 4. The quantitative estimate of drug-likeness (QED) is 0.864. The van der Waals surface area contributed by atoms with Crippen LogP contribution >= 0.6 is 0 Å². The average molecular weight is 267 g/mol. The second kappa shape index (κ2) is 4.03. The molecule has 1 aromatic heterocycles. The Morgan fingerprint density at radius 2 is 2.25 bits per heavy atom. The molecular weight excluding hydrogens is 250 g/mol. The summed E-state index contributed by atoms with van der Waals surface area (Å²) in [5.41, 5.74) is 3.36. The molecule has 2 heterocycles. The maximum absolute atomic E-state index is 10.9. The summed E-state index contributed by atoms with van der Waals surface area (Å²) in [5, 5.41) is 10.9. The summed E-state index contributed by atoms with van der Waals surface area (Å²) in [6.45, 7) is 4.23. The van der Waals surface area contributed by atoms with Crippen LogP contribution in [0.25, 0.3) is 11.3 Å². The minimum absolute atomic E-state index is 0.0482. The summed E-state index contributed by atoms with van der Waals surface area (Å²) in [6.07, 6.45) is 5.30. The van der Waals surface area contributed by atoms with Gasteiger partial charge in [0.2, 0.25) is 0 Å². The van der Waals surface area contributed by atoms with Crippen molar-refractivity contribution < 1.29 is 5.11 Å². The first-order chi connectivity index (χ1) is 9.77. The first-order valence-electron chi connectivity index (χ1n) is 6.98. The fourth-order valence-corrected chi connectivity index (χ4v) is 3.46. The fourth-order valence-electron chi connectivity index (χ4n) is 3.46. The van der Waals surface area contributed by atoms with Gasteiger partial charge in [0.15, 0.2) is 0 Å². The number of imidazole rings is 1. The average Bonchev–Trinajstić information content (AvgIpc) is 2.97. The molecule has 1 aliphatic carbocycles. The van der Waals surface area contributed by atoms with Gasteiger partial charge in [-0.05, 0) is 25.1 Å². The van der Waals surface area contributed by atoms with E-state index in [2.05, 4.69) is 33.4 Å². The van der Waals surface area contributed by atoms with Crippen molar-refractivity contribution in [2.45, 2.75) is 25.0 Å². The maximum Gasteiger partial charge on any atom is 0.0957 e. The summed E-state index contributed by atoms with van der Waals surface area (Å²) in [6, 6.07) is 8.22. The standard InChI is InChI=1S/C16H17N3O/c1-17-9-16(6-7-16)15(20)14-12-5-3-2-4-11(12)13-8-18-10-19(13)14/h2-5,8,10,14-15,20H,1,6-7,9H2/t14-,15-/m1/s1. The first-order valence-corrected chi connectivity index (χ1v) is 6.98. The zero-order chi connectivity index (χ0) is 13.7. The molecule has 4 nitrogen and oxygen atoms in total. The van der Waals surface area contributed by atoms with Crippen molar-refractivity contribution >= 4 is 6.72 Å². The highest BCUT2D eigenvalue weighted by atomic mass is 16.3. The molecule has 20 heavy (non-hydrogen) atoms. The molecule has 102 valence electrons. The lowest BCUT2D eigenvalue weighted by Gasteiger charge is -2.28. The third-order valence-corrected chi connectivity index (χ3v) is 4.77. The highest BCUT2D eigenvalue weighted by Gasteiger charge is 2.53. The molecule has 0 bridgehead atoms. The molecule has 2 aliphatic rings. The zero-order valence-electron chi connectivity index (χ0n) is 11.2. The summed E-state index contributed by atoms with van der Waals surface area (Å²) in [7, 11) is 0. The van der Waals surface area contributed by atoms with Gasteiger partial charge < -0.3 is 14.7 Å². The maximum atomic E-state index is 10.9. The first kappa shape index (κ1) is 11.9. The second-order valence-electron chi connectivity index (χ2n) is 5.91. The number of aliphatic imine (C=N–C) groups is 1. The molecule has 1 N–H and O–H groups in total. The SMILES string of the molecule is C=NCC1([C@H](O)[C@H]2c3ccccc3-c3cncn32)CC1. The van der Waals surface area contributed by atoms with Crippen molar-refractivity contribution in [3.8, 4) is 11.3 Å². The van der Waals surface area contributed by atoms with Gasteiger partial charge in [-0.25, -0.2) is 4.98 Å². The minimum Gasteiger partial charge on any atom is -0.390 e. The molecule has 2 atom stereocenters. The molecule has 0 saturated heterocycles. The number of aromatic nitrogens is 2. The van der Waals surface area contributed by atoms with E-state index in [0.29, 0.717) is 6.54 Å². The smallest absolute Gasteiger partial charge is 0.0957 e. The van der Waals surface area contributed by atoms with Crippen LogP contribution in [0.2, 0.25) is 0 Å². The topological polar surface area (TPSA) is 50.4 Å². The largest absolute Gasteiger partial charge is 0.390 e. The molecule has 1 aromatic carbocycles. The van der Waals surface area contributed by atoms with Gasteiger partial charge in [-0.1, -0.05) is 24.3 Å². The van der Waals surface area contributed by atoms with E-state index in [9.17, 15) is 5.11 Å².